The van der Waals surface area contributed by atoms with Crippen LogP contribution in [-0.2, 0) is 0 Å². The van der Waals surface area contributed by atoms with Crippen molar-refractivity contribution in [1.82, 2.24) is 10.3 Å². The van der Waals surface area contributed by atoms with Gasteiger partial charge in [0.05, 0.1) is 4.92 Å². The molecule has 0 fully saturated rings. The molecule has 1 rings (SSSR count). The minimum atomic E-state index is -0.415. The molecule has 0 bridgehead atoms. The van der Waals surface area contributed by atoms with Crippen LogP contribution in [0.5, 0.6) is 0 Å². The molecule has 0 amide bonds. The monoisotopic (exact) mass is 238 g/mol. The predicted octanol–water partition coefficient (Wildman–Crippen LogP) is 1.71. The molecule has 0 aliphatic carbocycles. The van der Waals surface area contributed by atoms with Gasteiger partial charge in [-0.15, -0.1) is 0 Å². The van der Waals surface area contributed by atoms with E-state index in [9.17, 15) is 10.1 Å². The van der Waals surface area contributed by atoms with Crippen LogP contribution in [0.4, 0.5) is 11.5 Å². The number of aromatic nitrogens is 1. The van der Waals surface area contributed by atoms with Gasteiger partial charge in [0.1, 0.15) is 0 Å². The molecule has 94 valence electrons. The first kappa shape index (κ1) is 13.4. The van der Waals surface area contributed by atoms with Crippen LogP contribution >= 0.6 is 0 Å². The van der Waals surface area contributed by atoms with Gasteiger partial charge in [-0.2, -0.15) is 0 Å². The Labute approximate surface area is 101 Å². The lowest BCUT2D eigenvalue weighted by Gasteiger charge is -2.07. The molecule has 0 spiro atoms. The number of nitrogens with one attached hydrogen (secondary N) is 2. The highest BCUT2D eigenvalue weighted by molar-refractivity contribution is 5.56. The van der Waals surface area contributed by atoms with E-state index in [1.807, 2.05) is 0 Å². The topological polar surface area (TPSA) is 80.1 Å². The second kappa shape index (κ2) is 6.80. The van der Waals surface area contributed by atoms with Crippen LogP contribution in [0.3, 0.4) is 0 Å². The molecule has 0 aliphatic heterocycles. The van der Waals surface area contributed by atoms with Gasteiger partial charge in [0.2, 0.25) is 5.82 Å². The highest BCUT2D eigenvalue weighted by Gasteiger charge is 2.14. The molecule has 6 heteroatoms. The smallest absolute Gasteiger partial charge is 0.311 e. The molecule has 0 aliphatic rings. The Morgan fingerprint density at radius 3 is 2.82 bits per heavy atom. The first-order valence-electron chi connectivity index (χ1n) is 5.70. The Morgan fingerprint density at radius 1 is 1.41 bits per heavy atom. The average molecular weight is 238 g/mol. The van der Waals surface area contributed by atoms with E-state index >= 15 is 0 Å². The van der Waals surface area contributed by atoms with E-state index in [0.29, 0.717) is 12.4 Å². The number of nitro groups is 1. The number of hydrogen-bond acceptors (Lipinski definition) is 5. The van der Waals surface area contributed by atoms with E-state index < -0.39 is 4.92 Å². The zero-order valence-corrected chi connectivity index (χ0v) is 10.2. The summed E-state index contributed by atoms with van der Waals surface area (Å²) < 4.78 is 0. The van der Waals surface area contributed by atoms with Gasteiger partial charge in [-0.1, -0.05) is 6.92 Å². The number of anilines is 1. The molecule has 0 radical (unpaired) electrons. The fourth-order valence-electron chi connectivity index (χ4n) is 1.40. The second-order valence-electron chi connectivity index (χ2n) is 3.81. The molecule has 0 atom stereocenters. The van der Waals surface area contributed by atoms with Gasteiger partial charge in [0.15, 0.2) is 0 Å². The van der Waals surface area contributed by atoms with E-state index in [4.69, 9.17) is 0 Å². The Balaban J connectivity index is 2.55. The van der Waals surface area contributed by atoms with Gasteiger partial charge < -0.3 is 10.6 Å². The summed E-state index contributed by atoms with van der Waals surface area (Å²) in [6.07, 6.45) is 2.69. The van der Waals surface area contributed by atoms with Crippen LogP contribution in [0.2, 0.25) is 0 Å². The SMILES string of the molecule is CCCNCCNc1ncc(C)cc1[N+](=O)[O-]. The maximum absolute atomic E-state index is 10.8. The van der Waals surface area contributed by atoms with Crippen molar-refractivity contribution in [2.75, 3.05) is 25.0 Å². The van der Waals surface area contributed by atoms with Crippen molar-refractivity contribution in [3.8, 4) is 0 Å². The lowest BCUT2D eigenvalue weighted by Crippen LogP contribution is -2.23. The third-order valence-electron chi connectivity index (χ3n) is 2.22. The van der Waals surface area contributed by atoms with Crippen molar-refractivity contribution in [3.63, 3.8) is 0 Å². The Morgan fingerprint density at radius 2 is 2.18 bits per heavy atom. The Kier molecular flexibility index (Phi) is 5.35. The maximum Gasteiger partial charge on any atom is 0.311 e. The van der Waals surface area contributed by atoms with Gasteiger partial charge in [-0.05, 0) is 25.5 Å². The highest BCUT2D eigenvalue weighted by atomic mass is 16.6. The number of aryl methyl sites for hydroxylation is 1. The normalized spacial score (nSPS) is 10.2. The summed E-state index contributed by atoms with van der Waals surface area (Å²) >= 11 is 0. The van der Waals surface area contributed by atoms with Crippen LogP contribution in [-0.4, -0.2) is 29.5 Å². The van der Waals surface area contributed by atoms with Crippen molar-refractivity contribution in [1.29, 1.82) is 0 Å². The standard InChI is InChI=1S/C11H18N4O2/c1-3-4-12-5-6-13-11-10(15(16)17)7-9(2)8-14-11/h7-8,12H,3-6H2,1-2H3,(H,13,14). The quantitative estimate of drug-likeness (QED) is 0.429. The lowest BCUT2D eigenvalue weighted by molar-refractivity contribution is -0.384. The molecule has 1 aromatic heterocycles. The van der Waals surface area contributed by atoms with Crippen molar-refractivity contribution >= 4 is 11.5 Å². The molecule has 17 heavy (non-hydrogen) atoms. The third-order valence-corrected chi connectivity index (χ3v) is 2.22. The first-order chi connectivity index (χ1) is 8.15. The first-order valence-corrected chi connectivity index (χ1v) is 5.70. The van der Waals surface area contributed by atoms with Crippen molar-refractivity contribution in [2.24, 2.45) is 0 Å². The van der Waals surface area contributed by atoms with Gasteiger partial charge >= 0.3 is 5.69 Å². The Bertz CT molecular complexity index is 382. The van der Waals surface area contributed by atoms with Crippen molar-refractivity contribution in [2.45, 2.75) is 20.3 Å². The fourth-order valence-corrected chi connectivity index (χ4v) is 1.40. The zero-order chi connectivity index (χ0) is 12.7. The van der Waals surface area contributed by atoms with Gasteiger partial charge in [0, 0.05) is 25.4 Å². The van der Waals surface area contributed by atoms with Crippen LogP contribution < -0.4 is 10.6 Å². The molecule has 6 nitrogen and oxygen atoms in total. The van der Waals surface area contributed by atoms with Crippen LogP contribution in [0.1, 0.15) is 18.9 Å². The number of rotatable bonds is 7. The highest BCUT2D eigenvalue weighted by Crippen LogP contribution is 2.21. The molecule has 0 saturated heterocycles. The molecule has 0 unspecified atom stereocenters. The van der Waals surface area contributed by atoms with E-state index in [2.05, 4.69) is 22.5 Å². The summed E-state index contributed by atoms with van der Waals surface area (Å²) in [6.45, 7) is 6.21. The summed E-state index contributed by atoms with van der Waals surface area (Å²) in [4.78, 5) is 14.4. The van der Waals surface area contributed by atoms with Gasteiger partial charge in [-0.25, -0.2) is 4.98 Å². The summed E-state index contributed by atoms with van der Waals surface area (Å²) in [5.74, 6) is 0.332. The number of pyridine rings is 1. The molecule has 1 aromatic rings. The van der Waals surface area contributed by atoms with Crippen LogP contribution in [0.25, 0.3) is 0 Å². The number of nitrogens with zero attached hydrogens (tertiary/aromatic N) is 2. The molecule has 0 saturated carbocycles. The molecule has 1 heterocycles. The average Bonchev–Trinajstić information content (AvgIpc) is 2.30. The fraction of sp³-hybridized carbons (Fsp3) is 0.545. The van der Waals surface area contributed by atoms with E-state index in [-0.39, 0.29) is 5.69 Å². The zero-order valence-electron chi connectivity index (χ0n) is 10.2. The molecular weight excluding hydrogens is 220 g/mol. The predicted molar refractivity (Wildman–Crippen MR) is 67.3 cm³/mol. The van der Waals surface area contributed by atoms with E-state index in [0.717, 1.165) is 25.1 Å². The van der Waals surface area contributed by atoms with Gasteiger partial charge in [0.25, 0.3) is 0 Å². The largest absolute Gasteiger partial charge is 0.363 e. The lowest BCUT2D eigenvalue weighted by atomic mass is 10.3. The maximum atomic E-state index is 10.8. The van der Waals surface area contributed by atoms with Crippen molar-refractivity contribution < 1.29 is 4.92 Å². The number of hydrogen-bond donors (Lipinski definition) is 2. The summed E-state index contributed by atoms with van der Waals surface area (Å²) in [6, 6.07) is 1.52. The summed E-state index contributed by atoms with van der Waals surface area (Å²) in [5, 5.41) is 17.0. The summed E-state index contributed by atoms with van der Waals surface area (Å²) in [5.41, 5.74) is 0.812. The minimum Gasteiger partial charge on any atom is -0.363 e. The van der Waals surface area contributed by atoms with E-state index in [1.54, 1.807) is 13.1 Å². The molecule has 0 aromatic carbocycles. The second-order valence-corrected chi connectivity index (χ2v) is 3.81. The van der Waals surface area contributed by atoms with Crippen LogP contribution in [0.15, 0.2) is 12.3 Å². The van der Waals surface area contributed by atoms with Crippen LogP contribution in [0, 0.1) is 17.0 Å². The van der Waals surface area contributed by atoms with E-state index in [1.165, 1.54) is 6.07 Å². The third kappa shape index (κ3) is 4.36. The summed E-state index contributed by atoms with van der Waals surface area (Å²) in [7, 11) is 0. The van der Waals surface area contributed by atoms with Gasteiger partial charge in [-0.3, -0.25) is 10.1 Å². The molecule has 2 N–H and O–H groups in total. The molecular formula is C11H18N4O2. The minimum absolute atomic E-state index is 0.0282. The Hall–Kier alpha value is -1.69. The van der Waals surface area contributed by atoms with Crippen molar-refractivity contribution in [3.05, 3.63) is 27.9 Å².